The number of pyridine rings is 1. The number of hydrogen-bond donors (Lipinski definition) is 2. The zero-order valence-corrected chi connectivity index (χ0v) is 11.6. The number of nitrogens with two attached hydrogens (primary N) is 1. The van der Waals surface area contributed by atoms with Crippen LogP contribution in [0.25, 0.3) is 0 Å². The molecule has 0 bridgehead atoms. The molecule has 0 fully saturated rings. The van der Waals surface area contributed by atoms with E-state index in [9.17, 15) is 12.8 Å². The molecule has 0 amide bonds. The van der Waals surface area contributed by atoms with E-state index < -0.39 is 26.8 Å². The summed E-state index contributed by atoms with van der Waals surface area (Å²) >= 11 is 0. The van der Waals surface area contributed by atoms with E-state index >= 15 is 0 Å². The minimum Gasteiger partial charge on any atom is -0.399 e. The van der Waals surface area contributed by atoms with Gasteiger partial charge in [0, 0.05) is 24.1 Å². The van der Waals surface area contributed by atoms with E-state index in [-0.39, 0.29) is 5.69 Å². The van der Waals surface area contributed by atoms with Crippen LogP contribution in [0.3, 0.4) is 0 Å². The number of nitrogen functional groups attached to an aromatic ring is 1. The van der Waals surface area contributed by atoms with Gasteiger partial charge in [-0.3, -0.25) is 4.98 Å². The molecule has 1 aromatic carbocycles. The number of nitrogens with one attached hydrogen (secondary N) is 1. The molecule has 3 N–H and O–H groups in total. The maximum atomic E-state index is 13.7. The summed E-state index contributed by atoms with van der Waals surface area (Å²) in [4.78, 5) is 3.48. The van der Waals surface area contributed by atoms with Crippen LogP contribution in [0.1, 0.15) is 18.5 Å². The molecule has 0 aliphatic rings. The molecule has 0 aliphatic carbocycles. The van der Waals surface area contributed by atoms with Crippen molar-refractivity contribution in [2.24, 2.45) is 0 Å². The van der Waals surface area contributed by atoms with Crippen molar-refractivity contribution in [3.63, 3.8) is 0 Å². The third-order valence-electron chi connectivity index (χ3n) is 2.76. The van der Waals surface area contributed by atoms with Crippen molar-refractivity contribution in [3.8, 4) is 0 Å². The highest BCUT2D eigenvalue weighted by Crippen LogP contribution is 2.20. The highest BCUT2D eigenvalue weighted by molar-refractivity contribution is 7.89. The van der Waals surface area contributed by atoms with Crippen molar-refractivity contribution in [3.05, 3.63) is 54.1 Å². The normalized spacial score (nSPS) is 13.1. The first-order chi connectivity index (χ1) is 9.40. The monoisotopic (exact) mass is 295 g/mol. The summed E-state index contributed by atoms with van der Waals surface area (Å²) in [5.41, 5.74) is 6.25. The summed E-state index contributed by atoms with van der Waals surface area (Å²) in [7, 11) is -3.96. The SMILES string of the molecule is CC(NS(=O)(=O)c1ccc(N)cc1F)c1cccnc1. The van der Waals surface area contributed by atoms with Crippen LogP contribution < -0.4 is 10.5 Å². The Labute approximate surface area is 116 Å². The zero-order valence-electron chi connectivity index (χ0n) is 10.7. The van der Waals surface area contributed by atoms with E-state index in [1.165, 1.54) is 6.07 Å². The minimum atomic E-state index is -3.96. The lowest BCUT2D eigenvalue weighted by atomic mass is 10.2. The number of anilines is 1. The first-order valence-corrected chi connectivity index (χ1v) is 7.36. The van der Waals surface area contributed by atoms with E-state index in [1.54, 1.807) is 31.5 Å². The van der Waals surface area contributed by atoms with E-state index in [0.29, 0.717) is 5.56 Å². The predicted octanol–water partition coefficient (Wildman–Crippen LogP) is 1.84. The van der Waals surface area contributed by atoms with E-state index in [2.05, 4.69) is 9.71 Å². The number of nitrogens with zero attached hydrogens (tertiary/aromatic N) is 1. The molecule has 1 unspecified atom stereocenters. The van der Waals surface area contributed by atoms with Gasteiger partial charge in [-0.2, -0.15) is 0 Å². The van der Waals surface area contributed by atoms with Crippen molar-refractivity contribution >= 4 is 15.7 Å². The topological polar surface area (TPSA) is 85.1 Å². The number of rotatable bonds is 4. The highest BCUT2D eigenvalue weighted by atomic mass is 32.2. The summed E-state index contributed by atoms with van der Waals surface area (Å²) in [5, 5.41) is 0. The molecular weight excluding hydrogens is 281 g/mol. The third kappa shape index (κ3) is 3.12. The van der Waals surface area contributed by atoms with Crippen molar-refractivity contribution in [1.82, 2.24) is 9.71 Å². The van der Waals surface area contributed by atoms with Crippen LogP contribution in [0.2, 0.25) is 0 Å². The lowest BCUT2D eigenvalue weighted by Gasteiger charge is -2.14. The first kappa shape index (κ1) is 14.4. The van der Waals surface area contributed by atoms with Crippen LogP contribution in [0, 0.1) is 5.82 Å². The number of halogens is 1. The molecule has 0 spiro atoms. The fourth-order valence-corrected chi connectivity index (χ4v) is 3.02. The van der Waals surface area contributed by atoms with Gasteiger partial charge in [0.15, 0.2) is 0 Å². The molecule has 0 aliphatic heterocycles. The number of hydrogen-bond acceptors (Lipinski definition) is 4. The molecule has 7 heteroatoms. The molecule has 106 valence electrons. The van der Waals surface area contributed by atoms with Gasteiger partial charge in [0.2, 0.25) is 10.0 Å². The second kappa shape index (κ2) is 5.56. The van der Waals surface area contributed by atoms with E-state index in [4.69, 9.17) is 5.73 Å². The maximum absolute atomic E-state index is 13.7. The molecule has 1 atom stereocenters. The lowest BCUT2D eigenvalue weighted by Crippen LogP contribution is -2.27. The molecule has 0 saturated carbocycles. The van der Waals surface area contributed by atoms with Gasteiger partial charge in [-0.25, -0.2) is 17.5 Å². The fourth-order valence-electron chi connectivity index (χ4n) is 1.73. The highest BCUT2D eigenvalue weighted by Gasteiger charge is 2.22. The smallest absolute Gasteiger partial charge is 0.244 e. The Hall–Kier alpha value is -1.99. The lowest BCUT2D eigenvalue weighted by molar-refractivity contribution is 0.547. The fraction of sp³-hybridized carbons (Fsp3) is 0.154. The van der Waals surface area contributed by atoms with Crippen LogP contribution in [0.5, 0.6) is 0 Å². The molecule has 0 radical (unpaired) electrons. The average molecular weight is 295 g/mol. The van der Waals surface area contributed by atoms with Crippen LogP contribution >= 0.6 is 0 Å². The molecule has 2 rings (SSSR count). The van der Waals surface area contributed by atoms with Crippen LogP contribution in [-0.4, -0.2) is 13.4 Å². The van der Waals surface area contributed by atoms with Crippen LogP contribution in [0.4, 0.5) is 10.1 Å². The van der Waals surface area contributed by atoms with Crippen molar-refractivity contribution in [2.45, 2.75) is 17.9 Å². The van der Waals surface area contributed by atoms with Gasteiger partial charge in [-0.05, 0) is 36.8 Å². The third-order valence-corrected chi connectivity index (χ3v) is 4.34. The van der Waals surface area contributed by atoms with Gasteiger partial charge in [-0.1, -0.05) is 6.07 Å². The minimum absolute atomic E-state index is 0.168. The number of aromatic nitrogens is 1. The van der Waals surface area contributed by atoms with Gasteiger partial charge < -0.3 is 5.73 Å². The summed E-state index contributed by atoms with van der Waals surface area (Å²) < 4.78 is 40.4. The van der Waals surface area contributed by atoms with Crippen LogP contribution in [-0.2, 0) is 10.0 Å². The van der Waals surface area contributed by atoms with E-state index in [1.807, 2.05) is 0 Å². The Kier molecular flexibility index (Phi) is 4.01. The molecular formula is C13H14FN3O2S. The molecule has 5 nitrogen and oxygen atoms in total. The maximum Gasteiger partial charge on any atom is 0.244 e. The quantitative estimate of drug-likeness (QED) is 0.843. The standard InChI is InChI=1S/C13H14FN3O2S/c1-9(10-3-2-6-16-8-10)17-20(18,19)13-5-4-11(15)7-12(13)14/h2-9,17H,15H2,1H3. The predicted molar refractivity (Wildman–Crippen MR) is 73.8 cm³/mol. The van der Waals surface area contributed by atoms with Gasteiger partial charge in [0.1, 0.15) is 10.7 Å². The average Bonchev–Trinajstić information content (AvgIpc) is 2.38. The summed E-state index contributed by atoms with van der Waals surface area (Å²) in [6.45, 7) is 1.66. The van der Waals surface area contributed by atoms with Gasteiger partial charge in [0.25, 0.3) is 0 Å². The Morgan fingerprint density at radius 2 is 2.10 bits per heavy atom. The number of benzene rings is 1. The summed E-state index contributed by atoms with van der Waals surface area (Å²) in [5.74, 6) is -0.879. The van der Waals surface area contributed by atoms with Crippen molar-refractivity contribution in [2.75, 3.05) is 5.73 Å². The van der Waals surface area contributed by atoms with Gasteiger partial charge in [-0.15, -0.1) is 0 Å². The molecule has 20 heavy (non-hydrogen) atoms. The molecule has 1 heterocycles. The Morgan fingerprint density at radius 3 is 2.70 bits per heavy atom. The molecule has 0 saturated heterocycles. The van der Waals surface area contributed by atoms with E-state index in [0.717, 1.165) is 12.1 Å². The summed E-state index contributed by atoms with van der Waals surface area (Å²) in [6.07, 6.45) is 3.14. The Bertz CT molecular complexity index is 705. The van der Waals surface area contributed by atoms with Crippen LogP contribution in [0.15, 0.2) is 47.6 Å². The first-order valence-electron chi connectivity index (χ1n) is 5.87. The van der Waals surface area contributed by atoms with Crippen molar-refractivity contribution in [1.29, 1.82) is 0 Å². The zero-order chi connectivity index (χ0) is 14.8. The van der Waals surface area contributed by atoms with Gasteiger partial charge in [0.05, 0.1) is 0 Å². The summed E-state index contributed by atoms with van der Waals surface area (Å²) in [6, 6.07) is 6.37. The Morgan fingerprint density at radius 1 is 1.35 bits per heavy atom. The number of sulfonamides is 1. The second-order valence-electron chi connectivity index (χ2n) is 4.32. The van der Waals surface area contributed by atoms with Gasteiger partial charge >= 0.3 is 0 Å². The largest absolute Gasteiger partial charge is 0.399 e. The van der Waals surface area contributed by atoms with Crippen molar-refractivity contribution < 1.29 is 12.8 Å². The second-order valence-corrected chi connectivity index (χ2v) is 6.00. The molecule has 1 aromatic heterocycles. The Balaban J connectivity index is 2.28. The molecule has 2 aromatic rings.